The summed E-state index contributed by atoms with van der Waals surface area (Å²) in [7, 11) is 3.11. The lowest BCUT2D eigenvalue weighted by Gasteiger charge is -2.08. The standard InChI is InChI=1S/C17H17N5O2S/c1-23-14-6-5-13(22-16(14)24-2)11-8-21-12-4-3-9(7-10(11)12)15(18)25-17(19)20/h3-8,18,21H,1-2H3,(H3,19,20). The van der Waals surface area contributed by atoms with Gasteiger partial charge in [-0.1, -0.05) is 6.07 Å². The number of ether oxygens (including phenoxy) is 2. The van der Waals surface area contributed by atoms with Gasteiger partial charge in [0.05, 0.1) is 19.9 Å². The smallest absolute Gasteiger partial charge is 0.257 e. The molecule has 8 heteroatoms. The second kappa shape index (κ2) is 6.86. The van der Waals surface area contributed by atoms with Crippen molar-refractivity contribution < 1.29 is 9.47 Å². The molecule has 0 aliphatic carbocycles. The molecule has 0 aliphatic rings. The van der Waals surface area contributed by atoms with Crippen LogP contribution in [0.25, 0.3) is 22.2 Å². The number of hydrogen-bond acceptors (Lipinski definition) is 6. The Kier molecular flexibility index (Phi) is 4.62. The molecule has 2 aromatic heterocycles. The Hall–Kier alpha value is -3.00. The summed E-state index contributed by atoms with van der Waals surface area (Å²) >= 11 is 0.913. The first kappa shape index (κ1) is 16.8. The third kappa shape index (κ3) is 3.29. The number of hydrogen-bond donors (Lipinski definition) is 4. The summed E-state index contributed by atoms with van der Waals surface area (Å²) in [6.45, 7) is 0. The molecule has 128 valence electrons. The van der Waals surface area contributed by atoms with Gasteiger partial charge in [-0.25, -0.2) is 4.98 Å². The predicted octanol–water partition coefficient (Wildman–Crippen LogP) is 3.20. The molecule has 25 heavy (non-hydrogen) atoms. The Balaban J connectivity index is 2.08. The van der Waals surface area contributed by atoms with E-state index >= 15 is 0 Å². The van der Waals surface area contributed by atoms with Gasteiger partial charge < -0.3 is 20.2 Å². The monoisotopic (exact) mass is 355 g/mol. The van der Waals surface area contributed by atoms with Gasteiger partial charge in [-0.15, -0.1) is 0 Å². The molecule has 0 radical (unpaired) electrons. The minimum absolute atomic E-state index is 0.110. The third-order valence-corrected chi connectivity index (χ3v) is 4.33. The van der Waals surface area contributed by atoms with Gasteiger partial charge in [0.2, 0.25) is 0 Å². The van der Waals surface area contributed by atoms with Gasteiger partial charge in [0.15, 0.2) is 10.9 Å². The number of benzene rings is 1. The van der Waals surface area contributed by atoms with E-state index in [2.05, 4.69) is 9.97 Å². The van der Waals surface area contributed by atoms with E-state index in [0.717, 1.165) is 33.9 Å². The van der Waals surface area contributed by atoms with Crippen LogP contribution in [-0.4, -0.2) is 34.4 Å². The largest absolute Gasteiger partial charge is 0.491 e. The van der Waals surface area contributed by atoms with Crippen LogP contribution < -0.4 is 15.2 Å². The number of aromatic nitrogens is 2. The Morgan fingerprint density at radius 3 is 2.64 bits per heavy atom. The number of nitrogens with one attached hydrogen (secondary N) is 3. The highest BCUT2D eigenvalue weighted by Gasteiger charge is 2.13. The van der Waals surface area contributed by atoms with Crippen LogP contribution in [-0.2, 0) is 0 Å². The average Bonchev–Trinajstić information content (AvgIpc) is 3.03. The predicted molar refractivity (Wildman–Crippen MR) is 101 cm³/mol. The molecule has 0 atom stereocenters. The molecule has 0 saturated heterocycles. The number of methoxy groups -OCH3 is 2. The van der Waals surface area contributed by atoms with Gasteiger partial charge in [-0.2, -0.15) is 0 Å². The van der Waals surface area contributed by atoms with Gasteiger partial charge in [-0.3, -0.25) is 10.8 Å². The minimum atomic E-state index is -0.110. The summed E-state index contributed by atoms with van der Waals surface area (Å²) in [6.07, 6.45) is 1.87. The quantitative estimate of drug-likeness (QED) is 0.423. The van der Waals surface area contributed by atoms with Gasteiger partial charge in [0.25, 0.3) is 5.88 Å². The maximum Gasteiger partial charge on any atom is 0.257 e. The van der Waals surface area contributed by atoms with Crippen LogP contribution in [0.15, 0.2) is 36.5 Å². The molecule has 0 aliphatic heterocycles. The number of fused-ring (bicyclic) bond motifs is 1. The summed E-state index contributed by atoms with van der Waals surface area (Å²) in [5, 5.41) is 16.4. The van der Waals surface area contributed by atoms with Gasteiger partial charge in [0, 0.05) is 28.2 Å². The lowest BCUT2D eigenvalue weighted by Crippen LogP contribution is -2.08. The molecule has 2 heterocycles. The zero-order chi connectivity index (χ0) is 18.0. The Morgan fingerprint density at radius 1 is 1.16 bits per heavy atom. The highest BCUT2D eigenvalue weighted by Crippen LogP contribution is 2.33. The zero-order valence-electron chi connectivity index (χ0n) is 13.7. The number of nitrogens with zero attached hydrogens (tertiary/aromatic N) is 1. The molecule has 0 spiro atoms. The van der Waals surface area contributed by atoms with Crippen LogP contribution in [0.3, 0.4) is 0 Å². The topological polar surface area (TPSA) is 121 Å². The molecule has 0 fully saturated rings. The molecule has 5 N–H and O–H groups in total. The number of rotatable bonds is 4. The molecule has 0 unspecified atom stereocenters. The van der Waals surface area contributed by atoms with E-state index in [1.54, 1.807) is 20.3 Å². The minimum Gasteiger partial charge on any atom is -0.491 e. The normalized spacial score (nSPS) is 10.6. The van der Waals surface area contributed by atoms with Gasteiger partial charge >= 0.3 is 0 Å². The van der Waals surface area contributed by atoms with Crippen molar-refractivity contribution in [2.24, 2.45) is 5.73 Å². The molecule has 0 bridgehead atoms. The zero-order valence-corrected chi connectivity index (χ0v) is 14.5. The maximum atomic E-state index is 8.06. The molecule has 0 saturated carbocycles. The van der Waals surface area contributed by atoms with Crippen LogP contribution in [0.5, 0.6) is 11.6 Å². The third-order valence-electron chi connectivity index (χ3n) is 3.67. The highest BCUT2D eigenvalue weighted by molar-refractivity contribution is 8.26. The second-order valence-corrected chi connectivity index (χ2v) is 6.22. The van der Waals surface area contributed by atoms with Crippen molar-refractivity contribution in [2.45, 2.75) is 0 Å². The van der Waals surface area contributed by atoms with Gasteiger partial charge in [0.1, 0.15) is 5.04 Å². The molecule has 1 aromatic carbocycles. The number of thioether (sulfide) groups is 1. The van der Waals surface area contributed by atoms with E-state index in [0.29, 0.717) is 17.2 Å². The van der Waals surface area contributed by atoms with Crippen molar-refractivity contribution in [3.8, 4) is 22.9 Å². The summed E-state index contributed by atoms with van der Waals surface area (Å²) in [4.78, 5) is 7.70. The Bertz CT molecular complexity index is 967. The first-order valence-corrected chi connectivity index (χ1v) is 8.16. The summed E-state index contributed by atoms with van der Waals surface area (Å²) in [6, 6.07) is 9.26. The molecule has 3 rings (SSSR count). The molecule has 0 amide bonds. The Morgan fingerprint density at radius 2 is 1.96 bits per heavy atom. The van der Waals surface area contributed by atoms with Crippen molar-refractivity contribution in [1.82, 2.24) is 9.97 Å². The summed E-state index contributed by atoms with van der Waals surface area (Å²) < 4.78 is 10.5. The summed E-state index contributed by atoms with van der Waals surface area (Å²) in [5.41, 5.74) is 8.60. The van der Waals surface area contributed by atoms with Crippen molar-refractivity contribution in [1.29, 1.82) is 10.8 Å². The van der Waals surface area contributed by atoms with E-state index in [1.807, 2.05) is 30.5 Å². The fourth-order valence-corrected chi connectivity index (χ4v) is 2.99. The first-order valence-electron chi connectivity index (χ1n) is 7.34. The first-order chi connectivity index (χ1) is 12.0. The SMILES string of the molecule is COc1ccc(-c2c[nH]c3ccc(C(=N)SC(=N)N)cc23)nc1OC. The number of pyridine rings is 1. The van der Waals surface area contributed by atoms with Crippen molar-refractivity contribution in [2.75, 3.05) is 14.2 Å². The van der Waals surface area contributed by atoms with E-state index in [1.165, 1.54) is 0 Å². The van der Waals surface area contributed by atoms with Gasteiger partial charge in [-0.05, 0) is 36.0 Å². The lowest BCUT2D eigenvalue weighted by atomic mass is 10.1. The number of aromatic amines is 1. The highest BCUT2D eigenvalue weighted by atomic mass is 32.2. The Labute approximate surface area is 148 Å². The van der Waals surface area contributed by atoms with E-state index in [-0.39, 0.29) is 10.2 Å². The molecular weight excluding hydrogens is 338 g/mol. The molecule has 7 nitrogen and oxygen atoms in total. The molecular formula is C17H17N5O2S. The van der Waals surface area contributed by atoms with Crippen molar-refractivity contribution in [3.05, 3.63) is 42.1 Å². The second-order valence-electron chi connectivity index (χ2n) is 5.17. The average molecular weight is 355 g/mol. The van der Waals surface area contributed by atoms with E-state index in [4.69, 9.17) is 26.0 Å². The van der Waals surface area contributed by atoms with E-state index in [9.17, 15) is 0 Å². The number of amidine groups is 1. The number of nitrogens with two attached hydrogens (primary N) is 1. The van der Waals surface area contributed by atoms with Crippen LogP contribution in [0.1, 0.15) is 5.56 Å². The van der Waals surface area contributed by atoms with Crippen LogP contribution in [0, 0.1) is 10.8 Å². The van der Waals surface area contributed by atoms with Crippen LogP contribution in [0.4, 0.5) is 0 Å². The fourth-order valence-electron chi connectivity index (χ4n) is 2.52. The van der Waals surface area contributed by atoms with Crippen molar-refractivity contribution >= 4 is 32.9 Å². The maximum absolute atomic E-state index is 8.06. The van der Waals surface area contributed by atoms with Crippen LogP contribution >= 0.6 is 11.8 Å². The summed E-state index contributed by atoms with van der Waals surface area (Å²) in [5.74, 6) is 0.969. The molecule has 3 aromatic rings. The van der Waals surface area contributed by atoms with E-state index < -0.39 is 0 Å². The number of H-pyrrole nitrogens is 1. The van der Waals surface area contributed by atoms with Crippen molar-refractivity contribution in [3.63, 3.8) is 0 Å². The fraction of sp³-hybridized carbons (Fsp3) is 0.118. The lowest BCUT2D eigenvalue weighted by molar-refractivity contribution is 0.343. The van der Waals surface area contributed by atoms with Crippen LogP contribution in [0.2, 0.25) is 0 Å².